The van der Waals surface area contributed by atoms with Crippen LogP contribution in [-0.2, 0) is 19.0 Å². The number of anilines is 1. The van der Waals surface area contributed by atoms with Crippen molar-refractivity contribution in [1.29, 1.82) is 0 Å². The fourth-order valence-corrected chi connectivity index (χ4v) is 5.97. The first-order chi connectivity index (χ1) is 16.1. The first-order valence-electron chi connectivity index (χ1n) is 12.3. The van der Waals surface area contributed by atoms with Crippen LogP contribution in [0.5, 0.6) is 0 Å². The highest BCUT2D eigenvalue weighted by molar-refractivity contribution is 5.82. The summed E-state index contributed by atoms with van der Waals surface area (Å²) < 4.78 is 20.4. The number of carboxylic acid groups (broad SMARTS) is 1. The number of aromatic nitrogens is 4. The molecule has 178 valence electrons. The van der Waals surface area contributed by atoms with Gasteiger partial charge in [0.2, 0.25) is 0 Å². The molecule has 2 saturated heterocycles. The molecule has 33 heavy (non-hydrogen) atoms. The summed E-state index contributed by atoms with van der Waals surface area (Å²) in [5, 5.41) is 13.3. The third kappa shape index (κ3) is 3.77. The fraction of sp³-hybridized carbons (Fsp3) is 0.739. The van der Waals surface area contributed by atoms with Crippen molar-refractivity contribution in [3.63, 3.8) is 0 Å². The Hall–Kier alpha value is -2.30. The molecule has 0 unspecified atom stereocenters. The highest BCUT2D eigenvalue weighted by Gasteiger charge is 2.61. The quantitative estimate of drug-likeness (QED) is 0.697. The summed E-state index contributed by atoms with van der Waals surface area (Å²) in [6.45, 7) is 0.865. The zero-order chi connectivity index (χ0) is 22.4. The molecule has 2 aromatic rings. The Bertz CT molecular complexity index is 1020. The number of fused-ring (bicyclic) bond motifs is 2. The minimum absolute atomic E-state index is 0.532. The maximum atomic E-state index is 12.0. The molecule has 2 N–H and O–H groups in total. The van der Waals surface area contributed by atoms with E-state index in [0.29, 0.717) is 22.9 Å². The zero-order valence-electron chi connectivity index (χ0n) is 18.7. The molecule has 2 saturated carbocycles. The van der Waals surface area contributed by atoms with E-state index >= 15 is 0 Å². The number of imidazole rings is 1. The van der Waals surface area contributed by atoms with Crippen LogP contribution in [0.1, 0.15) is 70.4 Å². The van der Waals surface area contributed by atoms with Gasteiger partial charge in [0.25, 0.3) is 0 Å². The van der Waals surface area contributed by atoms with Gasteiger partial charge in [-0.05, 0) is 31.6 Å². The van der Waals surface area contributed by atoms with Gasteiger partial charge in [-0.3, -0.25) is 4.57 Å². The van der Waals surface area contributed by atoms with Gasteiger partial charge in [-0.25, -0.2) is 19.7 Å². The molecule has 1 spiro atoms. The standard InChI is InChI=1S/C23H31N5O5/c29-22(30)18-16-17(33-23(32-16)9-5-2-6-10-23)21(31-18)28-13-27-15-19(25-12-26-20(15)28)24-11-14-7-3-1-4-8-14/h12-14,16-18,21H,1-11H2,(H,29,30)(H,24,25,26)/t16-,17+,18-,21+/m0/s1. The molecular formula is C23H31N5O5. The van der Waals surface area contributed by atoms with Crippen molar-refractivity contribution >= 4 is 23.0 Å². The molecule has 0 amide bonds. The summed E-state index contributed by atoms with van der Waals surface area (Å²) in [6, 6.07) is 0. The van der Waals surface area contributed by atoms with Gasteiger partial charge in [0, 0.05) is 19.4 Å². The minimum Gasteiger partial charge on any atom is -0.479 e. The first-order valence-corrected chi connectivity index (χ1v) is 12.3. The van der Waals surface area contributed by atoms with Crippen LogP contribution in [0, 0.1) is 5.92 Å². The number of hydrogen-bond acceptors (Lipinski definition) is 8. The SMILES string of the molecule is O=C(O)[C@H]1O[C@@H](n2cnc3c(NCC4CCCCC4)ncnc32)[C@@H]2OC3(CCCCC3)O[C@@H]21. The molecule has 2 aliphatic heterocycles. The average Bonchev–Trinajstić information content (AvgIpc) is 3.51. The summed E-state index contributed by atoms with van der Waals surface area (Å²) in [7, 11) is 0. The zero-order valence-corrected chi connectivity index (χ0v) is 18.7. The van der Waals surface area contributed by atoms with Crippen molar-refractivity contribution in [3.8, 4) is 0 Å². The Morgan fingerprint density at radius 2 is 1.82 bits per heavy atom. The Labute approximate surface area is 192 Å². The van der Waals surface area contributed by atoms with Crippen molar-refractivity contribution in [3.05, 3.63) is 12.7 Å². The molecule has 4 heterocycles. The highest BCUT2D eigenvalue weighted by Crippen LogP contribution is 2.49. The third-order valence-corrected chi connectivity index (χ3v) is 7.67. The van der Waals surface area contributed by atoms with E-state index in [4.69, 9.17) is 14.2 Å². The maximum Gasteiger partial charge on any atom is 0.335 e. The van der Waals surface area contributed by atoms with Crippen LogP contribution < -0.4 is 5.32 Å². The van der Waals surface area contributed by atoms with E-state index in [-0.39, 0.29) is 0 Å². The molecule has 4 fully saturated rings. The summed E-state index contributed by atoms with van der Waals surface area (Å²) >= 11 is 0. The van der Waals surface area contributed by atoms with E-state index in [1.807, 2.05) is 0 Å². The number of hydrogen-bond donors (Lipinski definition) is 2. The lowest BCUT2D eigenvalue weighted by molar-refractivity contribution is -0.231. The Morgan fingerprint density at radius 3 is 2.61 bits per heavy atom. The van der Waals surface area contributed by atoms with Gasteiger partial charge in [0.15, 0.2) is 35.1 Å². The van der Waals surface area contributed by atoms with Crippen molar-refractivity contribution in [1.82, 2.24) is 19.5 Å². The van der Waals surface area contributed by atoms with Crippen LogP contribution in [-0.4, -0.2) is 61.2 Å². The van der Waals surface area contributed by atoms with Crippen LogP contribution in [0.4, 0.5) is 5.82 Å². The number of nitrogens with one attached hydrogen (secondary N) is 1. The lowest BCUT2D eigenvalue weighted by Gasteiger charge is -2.33. The summed E-state index contributed by atoms with van der Waals surface area (Å²) in [6.07, 6.45) is 11.3. The summed E-state index contributed by atoms with van der Waals surface area (Å²) in [5.74, 6) is -0.405. The molecule has 0 bridgehead atoms. The van der Waals surface area contributed by atoms with Gasteiger partial charge < -0.3 is 24.6 Å². The van der Waals surface area contributed by atoms with Gasteiger partial charge in [-0.2, -0.15) is 0 Å². The maximum absolute atomic E-state index is 12.0. The molecule has 4 atom stereocenters. The molecule has 10 heteroatoms. The third-order valence-electron chi connectivity index (χ3n) is 7.67. The normalized spacial score (nSPS) is 31.8. The van der Waals surface area contributed by atoms with Gasteiger partial charge >= 0.3 is 5.97 Å². The van der Waals surface area contributed by atoms with E-state index < -0.39 is 36.3 Å². The topological polar surface area (TPSA) is 121 Å². The van der Waals surface area contributed by atoms with E-state index in [9.17, 15) is 9.90 Å². The first kappa shape index (κ1) is 21.2. The number of rotatable bonds is 5. The highest BCUT2D eigenvalue weighted by atomic mass is 16.8. The van der Waals surface area contributed by atoms with Crippen LogP contribution in [0.15, 0.2) is 12.7 Å². The largest absolute Gasteiger partial charge is 0.479 e. The number of carbonyl (C=O) groups is 1. The molecule has 0 aromatic carbocycles. The summed E-state index contributed by atoms with van der Waals surface area (Å²) in [4.78, 5) is 25.4. The Morgan fingerprint density at radius 1 is 1.06 bits per heavy atom. The van der Waals surface area contributed by atoms with Crippen molar-refractivity contribution in [2.45, 2.75) is 94.5 Å². The second-order valence-corrected chi connectivity index (χ2v) is 9.85. The molecule has 2 aromatic heterocycles. The van der Waals surface area contributed by atoms with Crippen molar-refractivity contribution in [2.24, 2.45) is 5.92 Å². The predicted molar refractivity (Wildman–Crippen MR) is 117 cm³/mol. The van der Waals surface area contributed by atoms with Crippen LogP contribution in [0.2, 0.25) is 0 Å². The lowest BCUT2D eigenvalue weighted by Crippen LogP contribution is -2.38. The smallest absolute Gasteiger partial charge is 0.335 e. The van der Waals surface area contributed by atoms with E-state index in [1.165, 1.54) is 38.4 Å². The molecule has 6 rings (SSSR count). The monoisotopic (exact) mass is 457 g/mol. The van der Waals surface area contributed by atoms with E-state index in [2.05, 4.69) is 20.3 Å². The number of ether oxygens (including phenoxy) is 3. The second kappa shape index (κ2) is 8.48. The number of nitrogens with zero attached hydrogens (tertiary/aromatic N) is 4. The lowest BCUT2D eigenvalue weighted by atomic mass is 9.89. The molecule has 4 aliphatic rings. The van der Waals surface area contributed by atoms with Gasteiger partial charge in [0.05, 0.1) is 6.33 Å². The van der Waals surface area contributed by atoms with E-state index in [0.717, 1.165) is 38.6 Å². The molecule has 0 radical (unpaired) electrons. The van der Waals surface area contributed by atoms with Crippen LogP contribution in [0.25, 0.3) is 11.2 Å². The number of aliphatic carboxylic acids is 1. The predicted octanol–water partition coefficient (Wildman–Crippen LogP) is 3.24. The minimum atomic E-state index is -1.09. The molecular weight excluding hydrogens is 426 g/mol. The van der Waals surface area contributed by atoms with Gasteiger partial charge in [-0.1, -0.05) is 25.7 Å². The van der Waals surface area contributed by atoms with Crippen LogP contribution >= 0.6 is 0 Å². The van der Waals surface area contributed by atoms with Crippen molar-refractivity contribution < 1.29 is 24.1 Å². The van der Waals surface area contributed by atoms with Gasteiger partial charge in [0.1, 0.15) is 18.5 Å². The molecule has 10 nitrogen and oxygen atoms in total. The Kier molecular flexibility index (Phi) is 5.46. The second-order valence-electron chi connectivity index (χ2n) is 9.85. The van der Waals surface area contributed by atoms with Gasteiger partial charge in [-0.15, -0.1) is 0 Å². The number of carboxylic acids is 1. The molecule has 2 aliphatic carbocycles. The summed E-state index contributed by atoms with van der Waals surface area (Å²) in [5.41, 5.74) is 1.25. The van der Waals surface area contributed by atoms with E-state index in [1.54, 1.807) is 10.9 Å². The van der Waals surface area contributed by atoms with Crippen LogP contribution in [0.3, 0.4) is 0 Å². The fourth-order valence-electron chi connectivity index (χ4n) is 5.97. The average molecular weight is 458 g/mol. The van der Waals surface area contributed by atoms with Crippen molar-refractivity contribution in [2.75, 3.05) is 11.9 Å². The Balaban J connectivity index is 1.27.